The van der Waals surface area contributed by atoms with Crippen molar-refractivity contribution in [3.05, 3.63) is 86.2 Å². The maximum absolute atomic E-state index is 12.8. The van der Waals surface area contributed by atoms with Crippen molar-refractivity contribution in [3.63, 3.8) is 0 Å². The van der Waals surface area contributed by atoms with Gasteiger partial charge >= 0.3 is 5.69 Å². The van der Waals surface area contributed by atoms with Crippen molar-refractivity contribution in [1.82, 2.24) is 9.55 Å². The number of benzene rings is 2. The highest BCUT2D eigenvalue weighted by Crippen LogP contribution is 2.15. The molecule has 0 fully saturated rings. The van der Waals surface area contributed by atoms with Crippen molar-refractivity contribution >= 4 is 11.6 Å². The van der Waals surface area contributed by atoms with Gasteiger partial charge in [-0.3, -0.25) is 9.59 Å². The zero-order valence-electron chi connectivity index (χ0n) is 15.2. The van der Waals surface area contributed by atoms with Crippen LogP contribution in [0.3, 0.4) is 0 Å². The SMILES string of the molecule is COc1ccc(NC(=O)c2c[nH]c(=O)n(-c3ccc(C)c(C)c3)c2=O)cc1. The second-order valence-electron chi connectivity index (χ2n) is 6.10. The molecule has 3 aromatic rings. The number of amides is 1. The fourth-order valence-corrected chi connectivity index (χ4v) is 2.61. The van der Waals surface area contributed by atoms with Gasteiger partial charge in [0.15, 0.2) is 0 Å². The van der Waals surface area contributed by atoms with Gasteiger partial charge in [-0.1, -0.05) is 6.07 Å². The van der Waals surface area contributed by atoms with Gasteiger partial charge in [-0.25, -0.2) is 9.36 Å². The number of hydrogen-bond acceptors (Lipinski definition) is 4. The van der Waals surface area contributed by atoms with Crippen molar-refractivity contribution in [3.8, 4) is 11.4 Å². The van der Waals surface area contributed by atoms with E-state index in [1.54, 1.807) is 43.5 Å². The topological polar surface area (TPSA) is 93.2 Å². The first kappa shape index (κ1) is 18.2. The van der Waals surface area contributed by atoms with Gasteiger partial charge in [0.2, 0.25) is 0 Å². The molecule has 0 radical (unpaired) electrons. The van der Waals surface area contributed by atoms with Gasteiger partial charge in [-0.15, -0.1) is 0 Å². The molecular weight excluding hydrogens is 346 g/mol. The number of aromatic nitrogens is 2. The van der Waals surface area contributed by atoms with Gasteiger partial charge in [-0.05, 0) is 61.4 Å². The van der Waals surface area contributed by atoms with Gasteiger partial charge in [0.1, 0.15) is 11.3 Å². The Balaban J connectivity index is 1.99. The van der Waals surface area contributed by atoms with Crippen molar-refractivity contribution in [2.45, 2.75) is 13.8 Å². The van der Waals surface area contributed by atoms with Gasteiger partial charge in [0, 0.05) is 11.9 Å². The number of nitrogens with one attached hydrogen (secondary N) is 2. The molecule has 27 heavy (non-hydrogen) atoms. The molecule has 1 aromatic heterocycles. The van der Waals surface area contributed by atoms with Crippen molar-refractivity contribution in [1.29, 1.82) is 0 Å². The molecule has 0 atom stereocenters. The molecule has 0 saturated carbocycles. The fourth-order valence-electron chi connectivity index (χ4n) is 2.61. The Morgan fingerprint density at radius 3 is 2.37 bits per heavy atom. The first-order chi connectivity index (χ1) is 12.9. The summed E-state index contributed by atoms with van der Waals surface area (Å²) < 4.78 is 6.02. The highest BCUT2D eigenvalue weighted by atomic mass is 16.5. The molecule has 0 spiro atoms. The number of aryl methyl sites for hydroxylation is 2. The lowest BCUT2D eigenvalue weighted by molar-refractivity contribution is 0.102. The zero-order chi connectivity index (χ0) is 19.6. The van der Waals surface area contributed by atoms with Crippen LogP contribution in [0.5, 0.6) is 5.75 Å². The number of anilines is 1. The van der Waals surface area contributed by atoms with Crippen molar-refractivity contribution in [2.24, 2.45) is 0 Å². The minimum atomic E-state index is -0.687. The average molecular weight is 365 g/mol. The molecule has 138 valence electrons. The van der Waals surface area contributed by atoms with E-state index in [9.17, 15) is 14.4 Å². The summed E-state index contributed by atoms with van der Waals surface area (Å²) in [7, 11) is 1.54. The van der Waals surface area contributed by atoms with Crippen molar-refractivity contribution < 1.29 is 9.53 Å². The Morgan fingerprint density at radius 1 is 1.04 bits per heavy atom. The lowest BCUT2D eigenvalue weighted by atomic mass is 10.1. The van der Waals surface area contributed by atoms with Crippen LogP contribution in [0.1, 0.15) is 21.5 Å². The number of carbonyl (C=O) groups excluding carboxylic acids is 1. The van der Waals surface area contributed by atoms with E-state index in [1.807, 2.05) is 19.9 Å². The highest BCUT2D eigenvalue weighted by molar-refractivity contribution is 6.03. The predicted molar refractivity (Wildman–Crippen MR) is 103 cm³/mol. The van der Waals surface area contributed by atoms with Gasteiger partial charge in [-0.2, -0.15) is 0 Å². The molecule has 0 saturated heterocycles. The summed E-state index contributed by atoms with van der Waals surface area (Å²) >= 11 is 0. The van der Waals surface area contributed by atoms with Crippen LogP contribution in [0.4, 0.5) is 5.69 Å². The molecule has 1 amide bonds. The van der Waals surface area contributed by atoms with Gasteiger partial charge in [0.25, 0.3) is 11.5 Å². The molecule has 3 rings (SSSR count). The Morgan fingerprint density at radius 2 is 1.74 bits per heavy atom. The molecule has 0 aliphatic heterocycles. The standard InChI is InChI=1S/C20H19N3O4/c1-12-4-7-15(10-13(12)2)23-19(25)17(11-21-20(23)26)18(24)22-14-5-8-16(27-3)9-6-14/h4-11H,1-3H3,(H,21,26)(H,22,24). The zero-order valence-corrected chi connectivity index (χ0v) is 15.2. The summed E-state index contributed by atoms with van der Waals surface area (Å²) in [4.78, 5) is 40.0. The lowest BCUT2D eigenvalue weighted by Gasteiger charge is -2.10. The molecule has 0 aliphatic rings. The normalized spacial score (nSPS) is 10.5. The van der Waals surface area contributed by atoms with E-state index in [2.05, 4.69) is 10.3 Å². The lowest BCUT2D eigenvalue weighted by Crippen LogP contribution is -2.38. The Labute approximate surface area is 155 Å². The second kappa shape index (κ2) is 7.33. The minimum absolute atomic E-state index is 0.163. The van der Waals surface area contributed by atoms with Crippen LogP contribution in [-0.4, -0.2) is 22.6 Å². The Kier molecular flexibility index (Phi) is 4.94. The highest BCUT2D eigenvalue weighted by Gasteiger charge is 2.16. The first-order valence-corrected chi connectivity index (χ1v) is 8.28. The molecule has 2 aromatic carbocycles. The number of rotatable bonds is 4. The molecule has 0 bridgehead atoms. The monoisotopic (exact) mass is 365 g/mol. The third-order valence-corrected chi connectivity index (χ3v) is 4.32. The summed E-state index contributed by atoms with van der Waals surface area (Å²) in [6.45, 7) is 3.82. The summed E-state index contributed by atoms with van der Waals surface area (Å²) in [5.74, 6) is 0.0353. The summed E-state index contributed by atoms with van der Waals surface area (Å²) in [6, 6.07) is 11.9. The number of H-pyrrole nitrogens is 1. The van der Waals surface area contributed by atoms with Crippen LogP contribution < -0.4 is 21.3 Å². The van der Waals surface area contributed by atoms with E-state index >= 15 is 0 Å². The molecule has 7 heteroatoms. The first-order valence-electron chi connectivity index (χ1n) is 8.28. The summed E-state index contributed by atoms with van der Waals surface area (Å²) in [5.41, 5.74) is 1.43. The van der Waals surface area contributed by atoms with E-state index in [4.69, 9.17) is 4.74 Å². The predicted octanol–water partition coefficient (Wildman–Crippen LogP) is 2.40. The Hall–Kier alpha value is -3.61. The maximum Gasteiger partial charge on any atom is 0.333 e. The molecular formula is C20H19N3O4. The Bertz CT molecular complexity index is 1110. The van der Waals surface area contributed by atoms with E-state index < -0.39 is 17.2 Å². The van der Waals surface area contributed by atoms with E-state index in [0.29, 0.717) is 17.1 Å². The molecule has 2 N–H and O–H groups in total. The minimum Gasteiger partial charge on any atom is -0.497 e. The van der Waals surface area contributed by atoms with Crippen LogP contribution in [0.25, 0.3) is 5.69 Å². The van der Waals surface area contributed by atoms with Crippen molar-refractivity contribution in [2.75, 3.05) is 12.4 Å². The maximum atomic E-state index is 12.8. The van der Waals surface area contributed by atoms with E-state index in [-0.39, 0.29) is 5.56 Å². The van der Waals surface area contributed by atoms with E-state index in [1.165, 1.54) is 0 Å². The number of nitrogens with zero attached hydrogens (tertiary/aromatic N) is 1. The number of methoxy groups -OCH3 is 1. The largest absolute Gasteiger partial charge is 0.497 e. The van der Waals surface area contributed by atoms with Crippen LogP contribution in [0.2, 0.25) is 0 Å². The smallest absolute Gasteiger partial charge is 0.333 e. The van der Waals surface area contributed by atoms with Crippen LogP contribution in [0, 0.1) is 13.8 Å². The van der Waals surface area contributed by atoms with Crippen LogP contribution in [-0.2, 0) is 0 Å². The quantitative estimate of drug-likeness (QED) is 0.742. The van der Waals surface area contributed by atoms with Gasteiger partial charge in [0.05, 0.1) is 12.8 Å². The number of carbonyl (C=O) groups is 1. The van der Waals surface area contributed by atoms with Crippen LogP contribution in [0.15, 0.2) is 58.3 Å². The summed E-state index contributed by atoms with van der Waals surface area (Å²) in [6.07, 6.45) is 1.13. The summed E-state index contributed by atoms with van der Waals surface area (Å²) in [5, 5.41) is 2.64. The fraction of sp³-hybridized carbons (Fsp3) is 0.150. The number of ether oxygens (including phenoxy) is 1. The number of hydrogen-bond donors (Lipinski definition) is 2. The van der Waals surface area contributed by atoms with E-state index in [0.717, 1.165) is 21.9 Å². The molecule has 0 aliphatic carbocycles. The third kappa shape index (κ3) is 3.67. The number of aromatic amines is 1. The molecule has 1 heterocycles. The molecule has 7 nitrogen and oxygen atoms in total. The second-order valence-corrected chi connectivity index (χ2v) is 6.10. The van der Waals surface area contributed by atoms with Gasteiger partial charge < -0.3 is 15.0 Å². The molecule has 0 unspecified atom stereocenters. The third-order valence-electron chi connectivity index (χ3n) is 4.32. The average Bonchev–Trinajstić information content (AvgIpc) is 2.65. The van der Waals surface area contributed by atoms with Crippen LogP contribution >= 0.6 is 0 Å².